The van der Waals surface area contributed by atoms with Crippen molar-refractivity contribution in [3.05, 3.63) is 44.4 Å². The Kier molecular flexibility index (Phi) is 5.80. The Morgan fingerprint density at radius 2 is 0.938 bits per heavy atom. The molecule has 168 valence electrons. The number of benzene rings is 2. The van der Waals surface area contributed by atoms with E-state index >= 15 is 0 Å². The van der Waals surface area contributed by atoms with Gasteiger partial charge in [0.05, 0.1) is 32.3 Å². The molecule has 32 heavy (non-hydrogen) atoms. The van der Waals surface area contributed by atoms with Gasteiger partial charge in [0, 0.05) is 22.9 Å². The summed E-state index contributed by atoms with van der Waals surface area (Å²) in [5, 5.41) is 0.662. The van der Waals surface area contributed by atoms with Crippen molar-refractivity contribution in [3.8, 4) is 0 Å². The smallest absolute Gasteiger partial charge is 0.263 e. The summed E-state index contributed by atoms with van der Waals surface area (Å²) >= 11 is 13.1. The summed E-state index contributed by atoms with van der Waals surface area (Å²) in [6.45, 7) is 7.62. The highest BCUT2D eigenvalue weighted by molar-refractivity contribution is 6.44. The Bertz CT molecular complexity index is 1110. The fraction of sp³-hybridized carbons (Fsp3) is 0.417. The van der Waals surface area contributed by atoms with Gasteiger partial charge in [-0.3, -0.25) is 29.0 Å². The fourth-order valence-corrected chi connectivity index (χ4v) is 5.55. The molecule has 0 saturated carbocycles. The lowest BCUT2D eigenvalue weighted by Crippen LogP contribution is -2.49. The molecule has 0 aliphatic carbocycles. The van der Waals surface area contributed by atoms with E-state index in [1.807, 2.05) is 27.7 Å². The van der Waals surface area contributed by atoms with Gasteiger partial charge in [-0.15, -0.1) is 0 Å². The van der Waals surface area contributed by atoms with Gasteiger partial charge in [-0.25, -0.2) is 0 Å². The van der Waals surface area contributed by atoms with Crippen LogP contribution in [0.25, 0.3) is 10.8 Å². The Hall–Kier alpha value is -2.44. The zero-order valence-corrected chi connectivity index (χ0v) is 19.9. The van der Waals surface area contributed by atoms with Gasteiger partial charge >= 0.3 is 0 Å². The number of hydrogen-bond acceptors (Lipinski definition) is 4. The van der Waals surface area contributed by atoms with Crippen LogP contribution >= 0.6 is 23.2 Å². The van der Waals surface area contributed by atoms with Crippen molar-refractivity contribution < 1.29 is 19.2 Å². The Morgan fingerprint density at radius 3 is 1.22 bits per heavy atom. The van der Waals surface area contributed by atoms with Crippen LogP contribution in [0.5, 0.6) is 0 Å². The summed E-state index contributed by atoms with van der Waals surface area (Å²) in [7, 11) is 0. The van der Waals surface area contributed by atoms with Crippen LogP contribution in [-0.4, -0.2) is 45.5 Å². The molecule has 2 heterocycles. The van der Waals surface area contributed by atoms with E-state index < -0.39 is 23.6 Å². The van der Waals surface area contributed by atoms with Crippen LogP contribution in [0.15, 0.2) is 12.1 Å². The summed E-state index contributed by atoms with van der Waals surface area (Å²) in [6.07, 6.45) is 2.37. The number of rotatable bonds is 6. The van der Waals surface area contributed by atoms with Crippen molar-refractivity contribution in [2.75, 3.05) is 0 Å². The first-order chi connectivity index (χ1) is 15.2. The summed E-state index contributed by atoms with van der Waals surface area (Å²) < 4.78 is 0. The second-order valence-corrected chi connectivity index (χ2v) is 9.03. The van der Waals surface area contributed by atoms with Crippen molar-refractivity contribution in [2.45, 2.75) is 65.5 Å². The van der Waals surface area contributed by atoms with Crippen molar-refractivity contribution in [2.24, 2.45) is 0 Å². The highest BCUT2D eigenvalue weighted by atomic mass is 35.5. The van der Waals surface area contributed by atoms with Gasteiger partial charge in [-0.2, -0.15) is 0 Å². The lowest BCUT2D eigenvalue weighted by Gasteiger charge is -2.37. The Balaban J connectivity index is 2.08. The molecule has 2 aromatic carbocycles. The highest BCUT2D eigenvalue weighted by Gasteiger charge is 2.44. The number of carbonyl (C=O) groups excluding carboxylic acids is 4. The van der Waals surface area contributed by atoms with E-state index in [1.54, 1.807) is 0 Å². The Morgan fingerprint density at radius 1 is 0.625 bits per heavy atom. The van der Waals surface area contributed by atoms with E-state index in [1.165, 1.54) is 21.9 Å². The molecule has 2 aromatic rings. The molecule has 0 N–H and O–H groups in total. The lowest BCUT2D eigenvalue weighted by molar-refractivity contribution is 0.0508. The molecule has 6 nitrogen and oxygen atoms in total. The number of amides is 4. The number of imide groups is 2. The molecular weight excluding hydrogens is 451 g/mol. The van der Waals surface area contributed by atoms with Gasteiger partial charge in [0.1, 0.15) is 0 Å². The quantitative estimate of drug-likeness (QED) is 0.501. The van der Waals surface area contributed by atoms with Gasteiger partial charge in [-0.05, 0) is 37.8 Å². The molecular formula is C24H24Cl2N2O4. The fourth-order valence-electron chi connectivity index (χ4n) is 4.98. The number of nitrogens with zero attached hydrogens (tertiary/aromatic N) is 2. The van der Waals surface area contributed by atoms with E-state index in [4.69, 9.17) is 23.2 Å². The monoisotopic (exact) mass is 474 g/mol. The van der Waals surface area contributed by atoms with Crippen LogP contribution in [0.2, 0.25) is 10.0 Å². The number of halogens is 2. The maximum atomic E-state index is 13.4. The maximum absolute atomic E-state index is 13.4. The second-order valence-electron chi connectivity index (χ2n) is 8.21. The molecule has 2 aliphatic rings. The Labute approximate surface area is 196 Å². The normalized spacial score (nSPS) is 15.8. The summed E-state index contributed by atoms with van der Waals surface area (Å²) in [5.74, 6) is -1.99. The van der Waals surface area contributed by atoms with Crippen molar-refractivity contribution in [3.63, 3.8) is 0 Å². The van der Waals surface area contributed by atoms with E-state index in [-0.39, 0.29) is 55.2 Å². The first-order valence-corrected chi connectivity index (χ1v) is 11.7. The molecule has 0 atom stereocenters. The summed E-state index contributed by atoms with van der Waals surface area (Å²) in [5.41, 5.74) is 0.661. The molecule has 0 unspecified atom stereocenters. The largest absolute Gasteiger partial charge is 0.271 e. The van der Waals surface area contributed by atoms with Crippen LogP contribution in [-0.2, 0) is 0 Å². The SMILES string of the molecule is CCC(CC)N1C(=O)c2cc(Cl)c3c4c(cc(Cl)c(c24)C1=O)C(=O)N(C(CC)CC)C3=O. The molecule has 2 aliphatic heterocycles. The van der Waals surface area contributed by atoms with Crippen LogP contribution in [0.4, 0.5) is 0 Å². The number of carbonyl (C=O) groups is 4. The molecule has 0 spiro atoms. The second kappa shape index (κ2) is 8.16. The molecule has 0 bridgehead atoms. The molecule has 0 saturated heterocycles. The molecule has 0 fully saturated rings. The zero-order valence-electron chi connectivity index (χ0n) is 18.4. The van der Waals surface area contributed by atoms with E-state index in [0.717, 1.165) is 0 Å². The van der Waals surface area contributed by atoms with Gasteiger partial charge < -0.3 is 0 Å². The third kappa shape index (κ3) is 2.92. The topological polar surface area (TPSA) is 74.8 Å². The number of hydrogen-bond donors (Lipinski definition) is 0. The molecule has 0 radical (unpaired) electrons. The first kappa shape index (κ1) is 22.7. The zero-order chi connectivity index (χ0) is 23.5. The lowest BCUT2D eigenvalue weighted by atomic mass is 9.84. The highest BCUT2D eigenvalue weighted by Crippen LogP contribution is 2.44. The van der Waals surface area contributed by atoms with E-state index in [0.29, 0.717) is 25.7 Å². The average molecular weight is 475 g/mol. The standard InChI is InChI=1S/C24H24Cl2N2O4/c1-5-11(6-2)27-21(29)13-9-16(26)20-18-14(10-15(25)19(17(13)18)23(27)31)22(30)28(24(20)32)12(7-3)8-4/h9-12H,5-8H2,1-4H3. The summed E-state index contributed by atoms with van der Waals surface area (Å²) in [4.78, 5) is 56.2. The predicted molar refractivity (Wildman–Crippen MR) is 124 cm³/mol. The third-order valence-corrected chi connectivity index (χ3v) is 7.28. The molecule has 4 amide bonds. The third-order valence-electron chi connectivity index (χ3n) is 6.69. The van der Waals surface area contributed by atoms with Gasteiger partial charge in [0.2, 0.25) is 0 Å². The minimum Gasteiger partial charge on any atom is -0.271 e. The van der Waals surface area contributed by atoms with Crippen LogP contribution in [0.1, 0.15) is 94.8 Å². The van der Waals surface area contributed by atoms with Gasteiger partial charge in [0.15, 0.2) is 0 Å². The first-order valence-electron chi connectivity index (χ1n) is 11.0. The molecule has 8 heteroatoms. The van der Waals surface area contributed by atoms with E-state index in [2.05, 4.69) is 0 Å². The minimum absolute atomic E-state index is 0.0858. The minimum atomic E-state index is -0.511. The molecule has 4 rings (SSSR count). The van der Waals surface area contributed by atoms with Gasteiger partial charge in [0.25, 0.3) is 23.6 Å². The van der Waals surface area contributed by atoms with Crippen molar-refractivity contribution in [1.29, 1.82) is 0 Å². The molecule has 0 aromatic heterocycles. The summed E-state index contributed by atoms with van der Waals surface area (Å²) in [6, 6.07) is 2.28. The van der Waals surface area contributed by atoms with E-state index in [9.17, 15) is 19.2 Å². The van der Waals surface area contributed by atoms with Crippen molar-refractivity contribution >= 4 is 57.6 Å². The van der Waals surface area contributed by atoms with Gasteiger partial charge in [-0.1, -0.05) is 50.9 Å². The average Bonchev–Trinajstić information content (AvgIpc) is 2.76. The van der Waals surface area contributed by atoms with Crippen molar-refractivity contribution in [1.82, 2.24) is 9.80 Å². The van der Waals surface area contributed by atoms with Crippen LogP contribution in [0.3, 0.4) is 0 Å². The van der Waals surface area contributed by atoms with Crippen LogP contribution < -0.4 is 0 Å². The maximum Gasteiger partial charge on any atom is 0.263 e. The predicted octanol–water partition coefficient (Wildman–Crippen LogP) is 5.72. The van der Waals surface area contributed by atoms with Crippen LogP contribution in [0, 0.1) is 0 Å².